The lowest BCUT2D eigenvalue weighted by Crippen LogP contribution is -2.46. The van der Waals surface area contributed by atoms with E-state index in [0.717, 1.165) is 5.56 Å². The van der Waals surface area contributed by atoms with Crippen LogP contribution in [0.4, 0.5) is 0 Å². The Balaban J connectivity index is 2.42. The third-order valence-corrected chi connectivity index (χ3v) is 3.61. The Labute approximate surface area is 117 Å². The topological polar surface area (TPSA) is 122 Å². The summed E-state index contributed by atoms with van der Waals surface area (Å²) in [5.74, 6) is -0.939. The van der Waals surface area contributed by atoms with E-state index < -0.39 is 25.8 Å². The van der Waals surface area contributed by atoms with Crippen LogP contribution in [0.5, 0.6) is 0 Å². The lowest BCUT2D eigenvalue weighted by molar-refractivity contribution is -0.123. The fraction of sp³-hybridized carbons (Fsp3) is 0.417. The summed E-state index contributed by atoms with van der Waals surface area (Å²) in [5, 5.41) is 10.9. The quantitative estimate of drug-likeness (QED) is 0.533. The minimum atomic E-state index is -4.27. The number of hydrogen-bond acceptors (Lipinski definition) is 5. The highest BCUT2D eigenvalue weighted by atomic mass is 31.2. The molecule has 1 aromatic carbocycles. The molecule has 0 radical (unpaired) electrons. The predicted octanol–water partition coefficient (Wildman–Crippen LogP) is 0.170. The van der Waals surface area contributed by atoms with E-state index >= 15 is 0 Å². The fourth-order valence-corrected chi connectivity index (χ4v) is 2.23. The van der Waals surface area contributed by atoms with Crippen LogP contribution < -0.4 is 10.8 Å². The molecule has 0 fully saturated rings. The summed E-state index contributed by atoms with van der Waals surface area (Å²) in [5.41, 5.74) is 6.28. The van der Waals surface area contributed by atoms with E-state index in [9.17, 15) is 14.3 Å². The van der Waals surface area contributed by atoms with Crippen LogP contribution in [-0.2, 0) is 20.3 Å². The third-order valence-electron chi connectivity index (χ3n) is 2.57. The highest BCUT2D eigenvalue weighted by Crippen LogP contribution is 2.36. The molecule has 7 nitrogen and oxygen atoms in total. The first kappa shape index (κ1) is 16.8. The monoisotopic (exact) mass is 302 g/mol. The van der Waals surface area contributed by atoms with Crippen molar-refractivity contribution < 1.29 is 23.9 Å². The normalized spacial score (nSPS) is 17.0. The lowest BCUT2D eigenvalue weighted by atomic mass is 10.2. The molecule has 0 aliphatic carbocycles. The molecule has 0 aliphatic rings. The molecular formula is C12H19N2O5P. The maximum atomic E-state index is 11.6. The average Bonchev–Trinajstić information content (AvgIpc) is 2.38. The standard InChI is InChI=1S/C12H19N2O5P/c1-9(15)11(13)12(16)14-20(17,18)19-8-7-10-5-3-2-4-6-10/h2-6,9,11,15H,7-8,13H2,1H3,(H2,14,16,17,18)/t9-,11+/m1/s1. The van der Waals surface area contributed by atoms with Crippen molar-refractivity contribution in [2.75, 3.05) is 6.61 Å². The predicted molar refractivity (Wildman–Crippen MR) is 73.7 cm³/mol. The van der Waals surface area contributed by atoms with Gasteiger partial charge < -0.3 is 15.7 Å². The van der Waals surface area contributed by atoms with Crippen LogP contribution in [0.3, 0.4) is 0 Å². The first-order valence-electron chi connectivity index (χ1n) is 6.09. The molecule has 8 heteroatoms. The summed E-state index contributed by atoms with van der Waals surface area (Å²) >= 11 is 0. The van der Waals surface area contributed by atoms with Crippen LogP contribution >= 0.6 is 7.75 Å². The van der Waals surface area contributed by atoms with Crippen molar-refractivity contribution in [2.24, 2.45) is 5.73 Å². The molecule has 1 aromatic rings. The number of aliphatic hydroxyl groups excluding tert-OH is 1. The van der Waals surface area contributed by atoms with E-state index in [2.05, 4.69) is 0 Å². The second kappa shape index (κ2) is 7.52. The molecule has 0 spiro atoms. The Morgan fingerprint density at radius 2 is 2.05 bits per heavy atom. The maximum absolute atomic E-state index is 11.6. The van der Waals surface area contributed by atoms with Crippen LogP contribution in [0.25, 0.3) is 0 Å². The minimum Gasteiger partial charge on any atom is -0.391 e. The van der Waals surface area contributed by atoms with E-state index in [-0.39, 0.29) is 6.61 Å². The number of hydrogen-bond donors (Lipinski definition) is 4. The fourth-order valence-electron chi connectivity index (χ4n) is 1.40. The van der Waals surface area contributed by atoms with Crippen molar-refractivity contribution in [3.63, 3.8) is 0 Å². The lowest BCUT2D eigenvalue weighted by Gasteiger charge is -2.17. The molecule has 3 atom stereocenters. The van der Waals surface area contributed by atoms with Crippen molar-refractivity contribution in [1.29, 1.82) is 0 Å². The molecule has 0 heterocycles. The third kappa shape index (κ3) is 5.81. The van der Waals surface area contributed by atoms with Gasteiger partial charge in [0.25, 0.3) is 0 Å². The second-order valence-electron chi connectivity index (χ2n) is 4.33. The van der Waals surface area contributed by atoms with Crippen molar-refractivity contribution in [3.05, 3.63) is 35.9 Å². The second-order valence-corrected chi connectivity index (χ2v) is 5.85. The molecule has 5 N–H and O–H groups in total. The molecule has 1 amide bonds. The first-order chi connectivity index (χ1) is 9.32. The van der Waals surface area contributed by atoms with Gasteiger partial charge >= 0.3 is 7.75 Å². The summed E-state index contributed by atoms with van der Waals surface area (Å²) in [6.45, 7) is 1.28. The Morgan fingerprint density at radius 1 is 1.45 bits per heavy atom. The number of nitrogens with two attached hydrogens (primary N) is 1. The van der Waals surface area contributed by atoms with E-state index in [4.69, 9.17) is 15.4 Å². The summed E-state index contributed by atoms with van der Waals surface area (Å²) < 4.78 is 16.4. The van der Waals surface area contributed by atoms with Gasteiger partial charge in [-0.15, -0.1) is 0 Å². The molecular weight excluding hydrogens is 283 g/mol. The van der Waals surface area contributed by atoms with Gasteiger partial charge in [-0.1, -0.05) is 30.3 Å². The Morgan fingerprint density at radius 3 is 2.60 bits per heavy atom. The van der Waals surface area contributed by atoms with Gasteiger partial charge in [-0.25, -0.2) is 4.57 Å². The van der Waals surface area contributed by atoms with Crippen molar-refractivity contribution >= 4 is 13.7 Å². The highest BCUT2D eigenvalue weighted by molar-refractivity contribution is 7.51. The van der Waals surface area contributed by atoms with Crippen molar-refractivity contribution in [2.45, 2.75) is 25.5 Å². The van der Waals surface area contributed by atoms with Crippen LogP contribution in [0.2, 0.25) is 0 Å². The molecule has 20 heavy (non-hydrogen) atoms. The number of carbonyl (C=O) groups is 1. The zero-order valence-corrected chi connectivity index (χ0v) is 12.0. The molecule has 0 saturated heterocycles. The van der Waals surface area contributed by atoms with Gasteiger partial charge in [0.1, 0.15) is 6.04 Å². The zero-order chi connectivity index (χ0) is 15.2. The molecule has 0 aliphatic heterocycles. The van der Waals surface area contributed by atoms with E-state index in [0.29, 0.717) is 6.42 Å². The van der Waals surface area contributed by atoms with Gasteiger partial charge in [0.15, 0.2) is 0 Å². The largest absolute Gasteiger partial charge is 0.432 e. The SMILES string of the molecule is C[C@@H](O)[C@H](N)C(=O)NP(=O)(O)OCCc1ccccc1. The number of amides is 1. The average molecular weight is 302 g/mol. The molecule has 112 valence electrons. The number of carbonyl (C=O) groups excluding carboxylic acids is 1. The van der Waals surface area contributed by atoms with Crippen molar-refractivity contribution in [3.8, 4) is 0 Å². The molecule has 0 saturated carbocycles. The van der Waals surface area contributed by atoms with Crippen molar-refractivity contribution in [1.82, 2.24) is 5.09 Å². The van der Waals surface area contributed by atoms with Crippen LogP contribution in [0.1, 0.15) is 12.5 Å². The van der Waals surface area contributed by atoms with Gasteiger partial charge in [-0.2, -0.15) is 0 Å². The summed E-state index contributed by atoms with van der Waals surface area (Å²) in [6, 6.07) is 7.97. The first-order valence-corrected chi connectivity index (χ1v) is 7.66. The van der Waals surface area contributed by atoms with Gasteiger partial charge in [-0.05, 0) is 18.9 Å². The molecule has 1 rings (SSSR count). The summed E-state index contributed by atoms with van der Waals surface area (Å²) in [6.07, 6.45) is -0.691. The highest BCUT2D eigenvalue weighted by Gasteiger charge is 2.28. The molecule has 0 bridgehead atoms. The number of benzene rings is 1. The number of rotatable bonds is 7. The Kier molecular flexibility index (Phi) is 6.32. The number of aliphatic hydroxyl groups is 1. The van der Waals surface area contributed by atoms with Crippen LogP contribution in [0.15, 0.2) is 30.3 Å². The number of nitrogens with one attached hydrogen (secondary N) is 1. The van der Waals surface area contributed by atoms with E-state index in [1.807, 2.05) is 30.3 Å². The van der Waals surface area contributed by atoms with Gasteiger partial charge in [0.05, 0.1) is 12.7 Å². The maximum Gasteiger partial charge on any atom is 0.432 e. The van der Waals surface area contributed by atoms with E-state index in [1.165, 1.54) is 6.92 Å². The van der Waals surface area contributed by atoms with Crippen LogP contribution in [0, 0.1) is 0 Å². The van der Waals surface area contributed by atoms with Gasteiger partial charge in [0, 0.05) is 0 Å². The van der Waals surface area contributed by atoms with Crippen LogP contribution in [-0.4, -0.2) is 34.7 Å². The van der Waals surface area contributed by atoms with E-state index in [1.54, 1.807) is 5.09 Å². The zero-order valence-electron chi connectivity index (χ0n) is 11.1. The van der Waals surface area contributed by atoms with Gasteiger partial charge in [0.2, 0.25) is 5.91 Å². The molecule has 1 unspecified atom stereocenters. The summed E-state index contributed by atoms with van der Waals surface area (Å²) in [4.78, 5) is 20.9. The minimum absolute atomic E-state index is 0.0258. The molecule has 0 aromatic heterocycles. The Hall–Kier alpha value is -1.24. The summed E-state index contributed by atoms with van der Waals surface area (Å²) in [7, 11) is -4.27. The smallest absolute Gasteiger partial charge is 0.391 e. The Bertz CT molecular complexity index is 480. The van der Waals surface area contributed by atoms with Gasteiger partial charge in [-0.3, -0.25) is 14.4 Å².